The quantitative estimate of drug-likeness (QED) is 0.202. The molecule has 0 bridgehead atoms. The fourth-order valence-electron chi connectivity index (χ4n) is 2.37. The molecule has 0 radical (unpaired) electrons. The lowest BCUT2D eigenvalue weighted by molar-refractivity contribution is 0.0775. The van der Waals surface area contributed by atoms with Gasteiger partial charge in [-0.1, -0.05) is 34.4 Å². The Morgan fingerprint density at radius 2 is 1.04 bits per heavy atom. The highest BCUT2D eigenvalue weighted by Gasteiger charge is 2.16. The van der Waals surface area contributed by atoms with E-state index in [4.69, 9.17) is 9.47 Å². The molecule has 0 aromatic rings. The summed E-state index contributed by atoms with van der Waals surface area (Å²) in [5.41, 5.74) is 0. The van der Waals surface area contributed by atoms with Crippen molar-refractivity contribution in [1.29, 1.82) is 0 Å². The van der Waals surface area contributed by atoms with Crippen LogP contribution in [0.3, 0.4) is 0 Å². The van der Waals surface area contributed by atoms with Gasteiger partial charge in [-0.15, -0.1) is 0 Å². The van der Waals surface area contributed by atoms with Crippen molar-refractivity contribution in [3.8, 4) is 0 Å². The first-order valence-corrected chi connectivity index (χ1v) is 15.6. The van der Waals surface area contributed by atoms with Crippen LogP contribution in [0.5, 0.6) is 0 Å². The van der Waals surface area contributed by atoms with E-state index in [1.165, 1.54) is 58.3 Å². The van der Waals surface area contributed by atoms with E-state index >= 15 is 0 Å². The van der Waals surface area contributed by atoms with E-state index in [1.54, 1.807) is 21.6 Å². The Kier molecular flexibility index (Phi) is 15.4. The van der Waals surface area contributed by atoms with Crippen LogP contribution in [0.1, 0.15) is 25.7 Å². The minimum absolute atomic E-state index is 0.167. The number of nitrogens with zero attached hydrogens (tertiary/aromatic N) is 2. The number of hydrogen-bond donors (Lipinski definition) is 0. The number of carbonyl (C=O) groups excluding carboxylic acids is 2. The molecule has 2 heterocycles. The molecule has 2 aliphatic heterocycles. The molecule has 2 fully saturated rings. The van der Waals surface area contributed by atoms with E-state index < -0.39 is 0 Å². The van der Waals surface area contributed by atoms with Crippen molar-refractivity contribution >= 4 is 76.0 Å². The Balaban J connectivity index is 1.32. The third-order valence-electron chi connectivity index (χ3n) is 3.81. The second-order valence-corrected chi connectivity index (χ2v) is 13.4. The van der Waals surface area contributed by atoms with E-state index in [-0.39, 0.29) is 8.89 Å². The molecule has 0 N–H and O–H groups in total. The van der Waals surface area contributed by atoms with Gasteiger partial charge < -0.3 is 9.47 Å². The van der Waals surface area contributed by atoms with Crippen molar-refractivity contribution in [1.82, 2.24) is 8.61 Å². The van der Waals surface area contributed by atoms with Gasteiger partial charge in [0, 0.05) is 61.6 Å². The Bertz CT molecular complexity index is 411. The standard InChI is InChI=1S/C16H28N2O4S6/c19-15(25-17-5-9-21-10-6-17)27-23-13-3-1-2-4-14-24-28-16(20)26-18-7-11-22-12-8-18/h1-14H2. The summed E-state index contributed by atoms with van der Waals surface area (Å²) in [7, 11) is 6.03. The van der Waals surface area contributed by atoms with Crippen LogP contribution in [-0.2, 0) is 9.47 Å². The van der Waals surface area contributed by atoms with E-state index in [1.807, 2.05) is 0 Å². The van der Waals surface area contributed by atoms with Gasteiger partial charge in [0.05, 0.1) is 26.4 Å². The topological polar surface area (TPSA) is 59.1 Å². The maximum Gasteiger partial charge on any atom is 0.271 e. The molecular formula is C16H28N2O4S6. The van der Waals surface area contributed by atoms with Crippen molar-refractivity contribution in [2.24, 2.45) is 0 Å². The summed E-state index contributed by atoms with van der Waals surface area (Å²) < 4.78 is 15.1. The zero-order valence-electron chi connectivity index (χ0n) is 15.9. The molecule has 0 aromatic carbocycles. The largest absolute Gasteiger partial charge is 0.379 e. The Hall–Kier alpha value is 1.28. The lowest BCUT2D eigenvalue weighted by Crippen LogP contribution is -2.31. The summed E-state index contributed by atoms with van der Waals surface area (Å²) in [6, 6.07) is 0. The molecule has 0 aliphatic carbocycles. The Labute approximate surface area is 192 Å². The highest BCUT2D eigenvalue weighted by Crippen LogP contribution is 2.33. The second-order valence-electron chi connectivity index (χ2n) is 5.99. The van der Waals surface area contributed by atoms with Crippen molar-refractivity contribution in [2.45, 2.75) is 25.7 Å². The Morgan fingerprint density at radius 3 is 1.43 bits per heavy atom. The lowest BCUT2D eigenvalue weighted by atomic mass is 10.2. The Morgan fingerprint density at radius 1 is 0.643 bits per heavy atom. The zero-order valence-corrected chi connectivity index (χ0v) is 20.8. The lowest BCUT2D eigenvalue weighted by Gasteiger charge is -2.23. The monoisotopic (exact) mass is 504 g/mol. The summed E-state index contributed by atoms with van der Waals surface area (Å²) in [6.45, 7) is 6.19. The number of rotatable bonds is 11. The van der Waals surface area contributed by atoms with Gasteiger partial charge in [0.1, 0.15) is 0 Å². The van der Waals surface area contributed by atoms with E-state index in [0.717, 1.165) is 77.0 Å². The predicted molar refractivity (Wildman–Crippen MR) is 129 cm³/mol. The van der Waals surface area contributed by atoms with Crippen molar-refractivity contribution in [3.05, 3.63) is 0 Å². The third kappa shape index (κ3) is 12.9. The molecule has 162 valence electrons. The van der Waals surface area contributed by atoms with E-state index in [0.29, 0.717) is 0 Å². The normalized spacial score (nSPS) is 19.0. The van der Waals surface area contributed by atoms with Gasteiger partial charge in [-0.3, -0.25) is 9.59 Å². The highest BCUT2D eigenvalue weighted by atomic mass is 33.1. The smallest absolute Gasteiger partial charge is 0.271 e. The number of morpholine rings is 2. The summed E-state index contributed by atoms with van der Waals surface area (Å²) in [6.07, 6.45) is 4.63. The molecule has 2 rings (SSSR count). The van der Waals surface area contributed by atoms with Gasteiger partial charge in [0.15, 0.2) is 0 Å². The molecule has 28 heavy (non-hydrogen) atoms. The highest BCUT2D eigenvalue weighted by molar-refractivity contribution is 8.86. The van der Waals surface area contributed by atoms with Gasteiger partial charge in [-0.2, -0.15) is 0 Å². The molecule has 0 atom stereocenters. The van der Waals surface area contributed by atoms with Crippen LogP contribution >= 0.6 is 67.1 Å². The van der Waals surface area contributed by atoms with Crippen molar-refractivity contribution < 1.29 is 19.1 Å². The zero-order chi connectivity index (χ0) is 19.9. The van der Waals surface area contributed by atoms with Crippen LogP contribution in [-0.4, -0.2) is 81.6 Å². The molecule has 0 unspecified atom stereocenters. The van der Waals surface area contributed by atoms with E-state index in [9.17, 15) is 9.59 Å². The minimum Gasteiger partial charge on any atom is -0.379 e. The second kappa shape index (κ2) is 16.9. The molecule has 0 amide bonds. The molecule has 2 saturated heterocycles. The molecular weight excluding hydrogens is 477 g/mol. The van der Waals surface area contributed by atoms with Crippen LogP contribution in [0.15, 0.2) is 0 Å². The van der Waals surface area contributed by atoms with Crippen LogP contribution < -0.4 is 0 Å². The number of carbonyl (C=O) groups is 2. The molecule has 12 heteroatoms. The van der Waals surface area contributed by atoms with Crippen LogP contribution in [0, 0.1) is 0 Å². The molecule has 0 spiro atoms. The summed E-state index contributed by atoms with van der Waals surface area (Å²) in [5, 5.41) is 0. The van der Waals surface area contributed by atoms with Gasteiger partial charge >= 0.3 is 0 Å². The minimum atomic E-state index is 0.167. The maximum absolute atomic E-state index is 11.9. The van der Waals surface area contributed by atoms with Gasteiger partial charge in [0.25, 0.3) is 8.89 Å². The maximum atomic E-state index is 11.9. The average molecular weight is 505 g/mol. The molecule has 0 saturated carbocycles. The van der Waals surface area contributed by atoms with Crippen LogP contribution in [0.25, 0.3) is 0 Å². The summed E-state index contributed by atoms with van der Waals surface area (Å²) in [4.78, 5) is 23.8. The number of ether oxygens (including phenoxy) is 2. The predicted octanol–water partition coefficient (Wildman–Crippen LogP) is 5.51. The van der Waals surface area contributed by atoms with Crippen molar-refractivity contribution in [3.63, 3.8) is 0 Å². The first kappa shape index (κ1) is 25.5. The van der Waals surface area contributed by atoms with Gasteiger partial charge in [-0.25, -0.2) is 8.61 Å². The molecule has 6 nitrogen and oxygen atoms in total. The SMILES string of the molecule is O=C(SSCCCCCCSSC(=O)SN1CCOCC1)SN1CCOCC1. The fourth-order valence-corrected chi connectivity index (χ4v) is 8.53. The first-order valence-electron chi connectivity index (χ1n) is 9.42. The van der Waals surface area contributed by atoms with Gasteiger partial charge in [-0.05, 0) is 34.4 Å². The van der Waals surface area contributed by atoms with E-state index in [2.05, 4.69) is 8.61 Å². The molecule has 2 aliphatic rings. The van der Waals surface area contributed by atoms with Crippen molar-refractivity contribution in [2.75, 3.05) is 64.1 Å². The summed E-state index contributed by atoms with van der Waals surface area (Å²) in [5.74, 6) is 2.02. The number of unbranched alkanes of at least 4 members (excludes halogenated alkanes) is 3. The third-order valence-corrected chi connectivity index (χ3v) is 11.0. The molecule has 0 aromatic heterocycles. The first-order chi connectivity index (χ1) is 13.7. The number of hydrogen-bond acceptors (Lipinski definition) is 12. The van der Waals surface area contributed by atoms with Crippen LogP contribution in [0.2, 0.25) is 0 Å². The van der Waals surface area contributed by atoms with Crippen LogP contribution in [0.4, 0.5) is 9.59 Å². The average Bonchev–Trinajstić information content (AvgIpc) is 2.71. The van der Waals surface area contributed by atoms with Gasteiger partial charge in [0.2, 0.25) is 0 Å². The fraction of sp³-hybridized carbons (Fsp3) is 0.875. The summed E-state index contributed by atoms with van der Waals surface area (Å²) >= 11 is 2.65.